The van der Waals surface area contributed by atoms with Crippen LogP contribution in [0.15, 0.2) is 27.4 Å². The van der Waals surface area contributed by atoms with Gasteiger partial charge >= 0.3 is 5.97 Å². The van der Waals surface area contributed by atoms with Crippen molar-refractivity contribution in [2.75, 3.05) is 7.11 Å². The van der Waals surface area contributed by atoms with E-state index in [0.29, 0.717) is 5.76 Å². The van der Waals surface area contributed by atoms with Gasteiger partial charge in [-0.1, -0.05) is 0 Å². The Kier molecular flexibility index (Phi) is 3.60. The second-order valence-electron chi connectivity index (χ2n) is 5.08. The number of hydrogen-bond donors (Lipinski definition) is 0. The summed E-state index contributed by atoms with van der Waals surface area (Å²) in [7, 11) is 1.29. The molecule has 2 aromatic heterocycles. The summed E-state index contributed by atoms with van der Waals surface area (Å²) in [6.07, 6.45) is 4.04. The van der Waals surface area contributed by atoms with Crippen molar-refractivity contribution in [1.82, 2.24) is 9.78 Å². The van der Waals surface area contributed by atoms with Crippen molar-refractivity contribution >= 4 is 5.97 Å². The van der Waals surface area contributed by atoms with Crippen molar-refractivity contribution in [3.05, 3.63) is 51.3 Å². The monoisotopic (exact) mass is 288 g/mol. The number of aryl methyl sites for hydroxylation is 2. The lowest BCUT2D eigenvalue weighted by molar-refractivity contribution is 0.0562. The van der Waals surface area contributed by atoms with Gasteiger partial charge in [0.1, 0.15) is 12.3 Å². The van der Waals surface area contributed by atoms with E-state index in [1.54, 1.807) is 12.1 Å². The number of esters is 1. The summed E-state index contributed by atoms with van der Waals surface area (Å²) in [5, 5.41) is 4.41. The van der Waals surface area contributed by atoms with Gasteiger partial charge in [0.05, 0.1) is 12.8 Å². The molecule has 2 heterocycles. The molecular weight excluding hydrogens is 272 g/mol. The van der Waals surface area contributed by atoms with Gasteiger partial charge in [0.2, 0.25) is 5.76 Å². The average Bonchev–Trinajstić information content (AvgIpc) is 2.96. The Morgan fingerprint density at radius 3 is 3.00 bits per heavy atom. The molecule has 0 amide bonds. The fraction of sp³-hybridized carbons (Fsp3) is 0.400. The summed E-state index contributed by atoms with van der Waals surface area (Å²) in [5.74, 6) is 0.0891. The van der Waals surface area contributed by atoms with E-state index < -0.39 is 5.97 Å². The van der Waals surface area contributed by atoms with Gasteiger partial charge in [-0.15, -0.1) is 0 Å². The number of furan rings is 1. The molecule has 6 nitrogen and oxygen atoms in total. The number of aromatic nitrogens is 2. The molecule has 110 valence electrons. The Labute approximate surface area is 121 Å². The van der Waals surface area contributed by atoms with Gasteiger partial charge in [-0.05, 0) is 43.4 Å². The molecule has 0 atom stereocenters. The van der Waals surface area contributed by atoms with Crippen LogP contribution in [-0.4, -0.2) is 22.9 Å². The lowest BCUT2D eigenvalue weighted by atomic mass is 9.97. The third-order valence-electron chi connectivity index (χ3n) is 3.63. The minimum absolute atomic E-state index is 0.124. The average molecular weight is 288 g/mol. The van der Waals surface area contributed by atoms with Crippen LogP contribution < -0.4 is 5.56 Å². The molecule has 1 aliphatic carbocycles. The highest BCUT2D eigenvalue weighted by Gasteiger charge is 2.15. The quantitative estimate of drug-likeness (QED) is 0.801. The summed E-state index contributed by atoms with van der Waals surface area (Å²) in [4.78, 5) is 23.4. The Bertz CT molecular complexity index is 730. The number of nitrogens with zero attached hydrogens (tertiary/aromatic N) is 2. The number of carbonyl (C=O) groups is 1. The number of hydrogen-bond acceptors (Lipinski definition) is 5. The van der Waals surface area contributed by atoms with Crippen molar-refractivity contribution in [3.8, 4) is 0 Å². The van der Waals surface area contributed by atoms with Crippen LogP contribution >= 0.6 is 0 Å². The molecule has 0 N–H and O–H groups in total. The van der Waals surface area contributed by atoms with E-state index in [9.17, 15) is 9.59 Å². The Hall–Kier alpha value is -2.37. The predicted octanol–water partition coefficient (Wildman–Crippen LogP) is 1.55. The Morgan fingerprint density at radius 1 is 1.38 bits per heavy atom. The largest absolute Gasteiger partial charge is 0.463 e. The second kappa shape index (κ2) is 5.55. The summed E-state index contributed by atoms with van der Waals surface area (Å²) in [5.41, 5.74) is 1.89. The standard InChI is InChI=1S/C15H16N2O4/c1-20-15(19)13-7-6-11(21-13)9-17-14(18)8-10-4-2-3-5-12(10)16-17/h6-8H,2-5,9H2,1H3. The first-order valence-corrected chi connectivity index (χ1v) is 6.94. The first kappa shape index (κ1) is 13.6. The first-order valence-electron chi connectivity index (χ1n) is 6.94. The lowest BCUT2D eigenvalue weighted by Crippen LogP contribution is -2.26. The summed E-state index contributed by atoms with van der Waals surface area (Å²) < 4.78 is 11.3. The van der Waals surface area contributed by atoms with Gasteiger partial charge in [-0.3, -0.25) is 4.79 Å². The summed E-state index contributed by atoms with van der Waals surface area (Å²) in [6.45, 7) is 0.211. The van der Waals surface area contributed by atoms with Crippen LogP contribution in [0.4, 0.5) is 0 Å². The number of ether oxygens (including phenoxy) is 1. The van der Waals surface area contributed by atoms with E-state index in [1.165, 1.54) is 17.9 Å². The normalized spacial score (nSPS) is 13.8. The van der Waals surface area contributed by atoms with Gasteiger partial charge < -0.3 is 9.15 Å². The summed E-state index contributed by atoms with van der Waals surface area (Å²) >= 11 is 0. The molecule has 0 saturated carbocycles. The summed E-state index contributed by atoms with van der Waals surface area (Å²) in [6, 6.07) is 4.84. The zero-order valence-corrected chi connectivity index (χ0v) is 11.8. The van der Waals surface area contributed by atoms with Crippen LogP contribution in [0.2, 0.25) is 0 Å². The van der Waals surface area contributed by atoms with Crippen molar-refractivity contribution < 1.29 is 13.9 Å². The highest BCUT2D eigenvalue weighted by atomic mass is 16.5. The molecule has 1 aliphatic rings. The highest BCUT2D eigenvalue weighted by Crippen LogP contribution is 2.17. The molecule has 0 unspecified atom stereocenters. The SMILES string of the molecule is COC(=O)c1ccc(Cn2nc3c(cc2=O)CCCC3)o1. The van der Waals surface area contributed by atoms with E-state index in [4.69, 9.17) is 4.42 Å². The molecule has 6 heteroatoms. The maximum absolute atomic E-state index is 12.1. The van der Waals surface area contributed by atoms with Crippen LogP contribution in [0.1, 0.15) is 40.4 Å². The molecular formula is C15H16N2O4. The van der Waals surface area contributed by atoms with Gasteiger partial charge in [-0.2, -0.15) is 5.10 Å². The molecule has 21 heavy (non-hydrogen) atoms. The maximum atomic E-state index is 12.1. The number of rotatable bonds is 3. The van der Waals surface area contributed by atoms with Crippen molar-refractivity contribution in [3.63, 3.8) is 0 Å². The molecule has 0 aliphatic heterocycles. The van der Waals surface area contributed by atoms with Crippen LogP contribution in [0, 0.1) is 0 Å². The predicted molar refractivity (Wildman–Crippen MR) is 74.3 cm³/mol. The van der Waals surface area contributed by atoms with Crippen LogP contribution in [0.3, 0.4) is 0 Å². The number of methoxy groups -OCH3 is 1. The smallest absolute Gasteiger partial charge is 0.373 e. The van der Waals surface area contributed by atoms with E-state index in [-0.39, 0.29) is 17.9 Å². The number of fused-ring (bicyclic) bond motifs is 1. The minimum Gasteiger partial charge on any atom is -0.463 e. The van der Waals surface area contributed by atoms with Gasteiger partial charge in [0.25, 0.3) is 5.56 Å². The van der Waals surface area contributed by atoms with E-state index in [1.807, 2.05) is 0 Å². The molecule has 0 spiro atoms. The topological polar surface area (TPSA) is 74.3 Å². The molecule has 0 fully saturated rings. The molecule has 0 aromatic carbocycles. The minimum atomic E-state index is -0.535. The van der Waals surface area contributed by atoms with Gasteiger partial charge in [-0.25, -0.2) is 9.48 Å². The third-order valence-corrected chi connectivity index (χ3v) is 3.63. The zero-order valence-electron chi connectivity index (χ0n) is 11.8. The van der Waals surface area contributed by atoms with Gasteiger partial charge in [0, 0.05) is 6.07 Å². The molecule has 0 bridgehead atoms. The zero-order chi connectivity index (χ0) is 14.8. The van der Waals surface area contributed by atoms with Crippen molar-refractivity contribution in [1.29, 1.82) is 0 Å². The Balaban J connectivity index is 1.86. The Morgan fingerprint density at radius 2 is 2.19 bits per heavy atom. The molecule has 0 radical (unpaired) electrons. The van der Waals surface area contributed by atoms with Crippen LogP contribution in [0.5, 0.6) is 0 Å². The maximum Gasteiger partial charge on any atom is 0.373 e. The van der Waals surface area contributed by atoms with Crippen LogP contribution in [-0.2, 0) is 24.1 Å². The first-order chi connectivity index (χ1) is 10.2. The highest BCUT2D eigenvalue weighted by molar-refractivity contribution is 5.86. The van der Waals surface area contributed by atoms with Crippen LogP contribution in [0.25, 0.3) is 0 Å². The van der Waals surface area contributed by atoms with E-state index in [2.05, 4.69) is 9.84 Å². The van der Waals surface area contributed by atoms with E-state index >= 15 is 0 Å². The lowest BCUT2D eigenvalue weighted by Gasteiger charge is -2.15. The van der Waals surface area contributed by atoms with Crippen molar-refractivity contribution in [2.24, 2.45) is 0 Å². The fourth-order valence-corrected chi connectivity index (χ4v) is 2.54. The third kappa shape index (κ3) is 2.74. The van der Waals surface area contributed by atoms with Gasteiger partial charge in [0.15, 0.2) is 0 Å². The number of carbonyl (C=O) groups excluding carboxylic acids is 1. The molecule has 2 aromatic rings. The van der Waals surface area contributed by atoms with E-state index in [0.717, 1.165) is 36.9 Å². The van der Waals surface area contributed by atoms with Crippen molar-refractivity contribution in [2.45, 2.75) is 32.2 Å². The fourth-order valence-electron chi connectivity index (χ4n) is 2.54. The second-order valence-corrected chi connectivity index (χ2v) is 5.08. The molecule has 3 rings (SSSR count). The molecule has 0 saturated heterocycles.